The van der Waals surface area contributed by atoms with Crippen molar-refractivity contribution in [1.29, 1.82) is 0 Å². The number of aliphatic imine (C=N–C) groups is 1. The van der Waals surface area contributed by atoms with Crippen LogP contribution in [0, 0.1) is 5.82 Å². The average Bonchev–Trinajstić information content (AvgIpc) is 2.80. The molecule has 8 heteroatoms. The van der Waals surface area contributed by atoms with Crippen molar-refractivity contribution in [1.82, 2.24) is 4.90 Å². The Labute approximate surface area is 193 Å². The van der Waals surface area contributed by atoms with Crippen LogP contribution in [0.25, 0.3) is 5.57 Å². The van der Waals surface area contributed by atoms with Crippen LogP contribution in [-0.4, -0.2) is 17.8 Å². The minimum absolute atomic E-state index is 0.133. The lowest BCUT2D eigenvalue weighted by atomic mass is 10.1. The first-order chi connectivity index (χ1) is 15.8. The molecule has 33 heavy (non-hydrogen) atoms. The zero-order valence-corrected chi connectivity index (χ0v) is 18.1. The first kappa shape index (κ1) is 22.9. The van der Waals surface area contributed by atoms with Crippen LogP contribution in [0.1, 0.15) is 22.3 Å². The van der Waals surface area contributed by atoms with Gasteiger partial charge in [-0.15, -0.1) is 0 Å². The Hall–Kier alpha value is -3.32. The quantitative estimate of drug-likeness (QED) is 0.361. The zero-order valence-electron chi connectivity index (χ0n) is 17.3. The second-order valence-electron chi connectivity index (χ2n) is 7.52. The molecule has 0 aliphatic carbocycles. The molecule has 1 aliphatic rings. The van der Waals surface area contributed by atoms with Crippen molar-refractivity contribution in [2.24, 2.45) is 4.99 Å². The SMILES string of the molecule is Fc1cc(C2=CN(Cc3ccc(Cl)c(C(F)(F)F)c3)CN=C2)ccc1OCc1ccccc1. The fraction of sp³-hybridized carbons (Fsp3) is 0.160. The lowest BCUT2D eigenvalue weighted by Crippen LogP contribution is -2.21. The molecule has 0 aromatic heterocycles. The summed E-state index contributed by atoms with van der Waals surface area (Å²) in [6.45, 7) is 0.714. The zero-order chi connectivity index (χ0) is 23.4. The number of halogens is 5. The Balaban J connectivity index is 1.47. The highest BCUT2D eigenvalue weighted by Crippen LogP contribution is 2.35. The minimum atomic E-state index is -4.53. The largest absolute Gasteiger partial charge is 0.486 e. The maximum absolute atomic E-state index is 14.6. The predicted octanol–water partition coefficient (Wildman–Crippen LogP) is 6.96. The Morgan fingerprint density at radius 1 is 0.970 bits per heavy atom. The average molecular weight is 475 g/mol. The fourth-order valence-electron chi connectivity index (χ4n) is 3.41. The van der Waals surface area contributed by atoms with Crippen molar-refractivity contribution >= 4 is 23.4 Å². The van der Waals surface area contributed by atoms with Gasteiger partial charge < -0.3 is 9.64 Å². The summed E-state index contributed by atoms with van der Waals surface area (Å²) >= 11 is 5.70. The molecule has 0 N–H and O–H groups in total. The van der Waals surface area contributed by atoms with E-state index in [1.165, 1.54) is 12.1 Å². The highest BCUT2D eigenvalue weighted by molar-refractivity contribution is 6.31. The summed E-state index contributed by atoms with van der Waals surface area (Å²) < 4.78 is 59.6. The van der Waals surface area contributed by atoms with Gasteiger partial charge in [-0.1, -0.05) is 54.1 Å². The summed E-state index contributed by atoms with van der Waals surface area (Å²) in [5, 5.41) is -0.343. The van der Waals surface area contributed by atoms with E-state index in [-0.39, 0.29) is 30.6 Å². The standard InChI is InChI=1S/C25H19ClF4N2O/c26-22-8-6-18(10-21(22)25(28,29)30)13-32-14-20(12-31-16-32)19-7-9-24(23(27)11-19)33-15-17-4-2-1-3-5-17/h1-12,14H,13,15-16H2. The molecule has 0 spiro atoms. The Morgan fingerprint density at radius 3 is 2.48 bits per heavy atom. The molecule has 0 fully saturated rings. The van der Waals surface area contributed by atoms with Gasteiger partial charge in [-0.05, 0) is 41.0 Å². The minimum Gasteiger partial charge on any atom is -0.486 e. The number of rotatable bonds is 6. The van der Waals surface area contributed by atoms with E-state index in [0.29, 0.717) is 16.7 Å². The summed E-state index contributed by atoms with van der Waals surface area (Å²) in [6, 6.07) is 17.9. The van der Waals surface area contributed by atoms with Crippen LogP contribution in [0.5, 0.6) is 5.75 Å². The van der Waals surface area contributed by atoms with E-state index in [4.69, 9.17) is 16.3 Å². The third-order valence-corrected chi connectivity index (χ3v) is 5.37. The van der Waals surface area contributed by atoms with Crippen LogP contribution in [0.3, 0.4) is 0 Å². The molecule has 0 radical (unpaired) electrons. The van der Waals surface area contributed by atoms with Crippen LogP contribution in [0.15, 0.2) is 77.9 Å². The molecular formula is C25H19ClF4N2O. The highest BCUT2D eigenvalue weighted by Gasteiger charge is 2.33. The highest BCUT2D eigenvalue weighted by atomic mass is 35.5. The van der Waals surface area contributed by atoms with Gasteiger partial charge in [0.2, 0.25) is 0 Å². The van der Waals surface area contributed by atoms with Crippen molar-refractivity contribution in [2.75, 3.05) is 6.67 Å². The number of nitrogens with zero attached hydrogens (tertiary/aromatic N) is 2. The van der Waals surface area contributed by atoms with Gasteiger partial charge in [-0.2, -0.15) is 13.2 Å². The van der Waals surface area contributed by atoms with Crippen molar-refractivity contribution in [2.45, 2.75) is 19.3 Å². The summed E-state index contributed by atoms with van der Waals surface area (Å²) in [6.07, 6.45) is -1.18. The van der Waals surface area contributed by atoms with Gasteiger partial charge in [-0.3, -0.25) is 4.99 Å². The number of hydrogen-bond donors (Lipinski definition) is 0. The fourth-order valence-corrected chi connectivity index (χ4v) is 3.64. The second kappa shape index (κ2) is 9.67. The first-order valence-corrected chi connectivity index (χ1v) is 10.5. The van der Waals surface area contributed by atoms with E-state index in [1.807, 2.05) is 30.3 Å². The molecule has 3 aromatic rings. The lowest BCUT2D eigenvalue weighted by molar-refractivity contribution is -0.137. The summed E-state index contributed by atoms with van der Waals surface area (Å²) in [5.41, 5.74) is 1.71. The predicted molar refractivity (Wildman–Crippen MR) is 121 cm³/mol. The van der Waals surface area contributed by atoms with E-state index in [0.717, 1.165) is 11.6 Å². The molecule has 4 rings (SSSR count). The van der Waals surface area contributed by atoms with Gasteiger partial charge in [0.25, 0.3) is 0 Å². The number of hydrogen-bond acceptors (Lipinski definition) is 3. The van der Waals surface area contributed by atoms with Gasteiger partial charge in [0, 0.05) is 24.5 Å². The number of allylic oxidation sites excluding steroid dienone is 1. The van der Waals surface area contributed by atoms with Gasteiger partial charge in [-0.25, -0.2) is 4.39 Å². The van der Waals surface area contributed by atoms with E-state index in [2.05, 4.69) is 4.99 Å². The molecule has 1 aliphatic heterocycles. The number of benzene rings is 3. The van der Waals surface area contributed by atoms with E-state index in [1.54, 1.807) is 35.5 Å². The van der Waals surface area contributed by atoms with Crippen molar-refractivity contribution in [3.63, 3.8) is 0 Å². The van der Waals surface area contributed by atoms with Gasteiger partial charge in [0.1, 0.15) is 13.3 Å². The van der Waals surface area contributed by atoms with E-state index in [9.17, 15) is 17.6 Å². The molecular weight excluding hydrogens is 456 g/mol. The molecule has 3 aromatic carbocycles. The second-order valence-corrected chi connectivity index (χ2v) is 7.92. The van der Waals surface area contributed by atoms with Crippen molar-refractivity contribution in [3.05, 3.63) is 106 Å². The number of alkyl halides is 3. The third-order valence-electron chi connectivity index (χ3n) is 5.04. The lowest BCUT2D eigenvalue weighted by Gasteiger charge is -2.23. The molecule has 0 amide bonds. The maximum Gasteiger partial charge on any atom is 0.417 e. The van der Waals surface area contributed by atoms with Crippen molar-refractivity contribution < 1.29 is 22.3 Å². The summed E-state index contributed by atoms with van der Waals surface area (Å²) in [5.74, 6) is -0.379. The van der Waals surface area contributed by atoms with Crippen LogP contribution in [0.2, 0.25) is 5.02 Å². The monoisotopic (exact) mass is 474 g/mol. The smallest absolute Gasteiger partial charge is 0.417 e. The molecule has 3 nitrogen and oxygen atoms in total. The van der Waals surface area contributed by atoms with Crippen molar-refractivity contribution in [3.8, 4) is 5.75 Å². The number of ether oxygens (including phenoxy) is 1. The molecule has 0 saturated carbocycles. The summed E-state index contributed by atoms with van der Waals surface area (Å²) in [7, 11) is 0. The molecule has 0 atom stereocenters. The first-order valence-electron chi connectivity index (χ1n) is 10.1. The van der Waals surface area contributed by atoms with E-state index >= 15 is 0 Å². The molecule has 1 heterocycles. The van der Waals surface area contributed by atoms with Crippen LogP contribution < -0.4 is 4.74 Å². The molecule has 0 saturated heterocycles. The Kier molecular flexibility index (Phi) is 6.70. The van der Waals surface area contributed by atoms with Crippen LogP contribution in [-0.2, 0) is 19.3 Å². The van der Waals surface area contributed by atoms with Crippen LogP contribution in [0.4, 0.5) is 17.6 Å². The van der Waals surface area contributed by atoms with Gasteiger partial charge in [0.05, 0.1) is 10.6 Å². The van der Waals surface area contributed by atoms with Crippen LogP contribution >= 0.6 is 11.6 Å². The van der Waals surface area contributed by atoms with Gasteiger partial charge >= 0.3 is 6.18 Å². The maximum atomic E-state index is 14.6. The Morgan fingerprint density at radius 2 is 1.76 bits per heavy atom. The Bertz CT molecular complexity index is 1190. The summed E-state index contributed by atoms with van der Waals surface area (Å²) in [4.78, 5) is 6.01. The molecule has 170 valence electrons. The van der Waals surface area contributed by atoms with E-state index < -0.39 is 17.6 Å². The molecule has 0 bridgehead atoms. The third kappa shape index (κ3) is 5.73. The molecule has 0 unspecified atom stereocenters. The van der Waals surface area contributed by atoms with Gasteiger partial charge in [0.15, 0.2) is 11.6 Å². The topological polar surface area (TPSA) is 24.8 Å². The normalized spacial score (nSPS) is 13.7.